The molecular formula is C18H23N3O3S. The minimum atomic E-state index is -3.60. The lowest BCUT2D eigenvalue weighted by Crippen LogP contribution is -2.36. The van der Waals surface area contributed by atoms with Crippen LogP contribution >= 0.6 is 0 Å². The molecule has 0 aliphatic heterocycles. The smallest absolute Gasteiger partial charge is 0.264 e. The Morgan fingerprint density at radius 3 is 2.48 bits per heavy atom. The first-order chi connectivity index (χ1) is 11.9. The molecule has 1 aromatic heterocycles. The van der Waals surface area contributed by atoms with Gasteiger partial charge in [0.1, 0.15) is 0 Å². The van der Waals surface area contributed by atoms with Crippen LogP contribution in [0.4, 0.5) is 0 Å². The number of hydrogen-bond donors (Lipinski definition) is 2. The Balaban J connectivity index is 1.99. The molecule has 1 aromatic carbocycles. The number of rotatable bonds is 4. The lowest BCUT2D eigenvalue weighted by Gasteiger charge is -2.23. The molecule has 25 heavy (non-hydrogen) atoms. The molecule has 0 unspecified atom stereocenters. The first kappa shape index (κ1) is 17.8. The quantitative estimate of drug-likeness (QED) is 0.876. The van der Waals surface area contributed by atoms with Gasteiger partial charge in [0.15, 0.2) is 0 Å². The van der Waals surface area contributed by atoms with Gasteiger partial charge in [-0.15, -0.1) is 0 Å². The van der Waals surface area contributed by atoms with Crippen LogP contribution < -0.4 is 10.3 Å². The largest absolute Gasteiger partial charge is 0.268 e. The zero-order chi connectivity index (χ0) is 18.0. The molecule has 2 aromatic rings. The van der Waals surface area contributed by atoms with Crippen molar-refractivity contribution in [3.05, 3.63) is 45.7 Å². The molecule has 0 bridgehead atoms. The summed E-state index contributed by atoms with van der Waals surface area (Å²) in [6.07, 6.45) is 5.07. The van der Waals surface area contributed by atoms with E-state index in [2.05, 4.69) is 14.9 Å². The van der Waals surface area contributed by atoms with Gasteiger partial charge in [-0.25, -0.2) is 18.2 Å². The van der Waals surface area contributed by atoms with Crippen LogP contribution in [0.5, 0.6) is 0 Å². The zero-order valence-corrected chi connectivity index (χ0v) is 15.3. The Labute approximate surface area is 147 Å². The van der Waals surface area contributed by atoms with E-state index in [9.17, 15) is 13.2 Å². The predicted molar refractivity (Wildman–Crippen MR) is 97.0 cm³/mol. The molecule has 134 valence electrons. The van der Waals surface area contributed by atoms with Crippen LogP contribution in [0.1, 0.15) is 43.2 Å². The number of aryl methyl sites for hydroxylation is 1. The van der Waals surface area contributed by atoms with Crippen molar-refractivity contribution in [3.8, 4) is 11.3 Å². The van der Waals surface area contributed by atoms with Crippen LogP contribution in [0.25, 0.3) is 11.3 Å². The van der Waals surface area contributed by atoms with Crippen molar-refractivity contribution in [2.24, 2.45) is 0 Å². The summed E-state index contributed by atoms with van der Waals surface area (Å²) >= 11 is 0. The molecule has 0 atom stereocenters. The van der Waals surface area contributed by atoms with Gasteiger partial charge in [0.25, 0.3) is 5.56 Å². The van der Waals surface area contributed by atoms with Gasteiger partial charge in [0, 0.05) is 17.7 Å². The standard InChI is InChI=1S/C18H23N3O3S/c1-12-10-14(16-8-9-18(22)20-19-16)11-17(13(12)2)25(23,24)21-15-6-4-3-5-7-15/h8-11,15,21H,3-7H2,1-2H3,(H,20,22). The van der Waals surface area contributed by atoms with Crippen molar-refractivity contribution in [2.45, 2.75) is 56.9 Å². The van der Waals surface area contributed by atoms with E-state index in [1.165, 1.54) is 12.5 Å². The number of sulfonamides is 1. The molecule has 1 aliphatic carbocycles. The third-order valence-corrected chi connectivity index (χ3v) is 6.46. The van der Waals surface area contributed by atoms with E-state index in [1.807, 2.05) is 19.9 Å². The molecule has 6 nitrogen and oxygen atoms in total. The average molecular weight is 361 g/mol. The second-order valence-electron chi connectivity index (χ2n) is 6.68. The predicted octanol–water partition coefficient (Wildman–Crippen LogP) is 2.66. The van der Waals surface area contributed by atoms with Crippen molar-refractivity contribution in [3.63, 3.8) is 0 Å². The highest BCUT2D eigenvalue weighted by Crippen LogP contribution is 2.27. The van der Waals surface area contributed by atoms with Crippen LogP contribution in [0.2, 0.25) is 0 Å². The topological polar surface area (TPSA) is 91.9 Å². The Bertz CT molecular complexity index is 909. The molecule has 3 rings (SSSR count). The monoisotopic (exact) mass is 361 g/mol. The highest BCUT2D eigenvalue weighted by Gasteiger charge is 2.24. The summed E-state index contributed by atoms with van der Waals surface area (Å²) in [5.74, 6) is 0. The highest BCUT2D eigenvalue weighted by molar-refractivity contribution is 7.89. The lowest BCUT2D eigenvalue weighted by molar-refractivity contribution is 0.412. The Hall–Kier alpha value is -1.99. The van der Waals surface area contributed by atoms with E-state index in [0.29, 0.717) is 11.3 Å². The Morgan fingerprint density at radius 2 is 1.84 bits per heavy atom. The highest BCUT2D eigenvalue weighted by atomic mass is 32.2. The molecule has 1 heterocycles. The van der Waals surface area contributed by atoms with E-state index in [0.717, 1.165) is 36.8 Å². The maximum absolute atomic E-state index is 12.9. The van der Waals surface area contributed by atoms with E-state index >= 15 is 0 Å². The fourth-order valence-corrected chi connectivity index (χ4v) is 4.91. The van der Waals surface area contributed by atoms with Gasteiger partial charge in [-0.3, -0.25) is 4.79 Å². The third-order valence-electron chi connectivity index (χ3n) is 4.81. The van der Waals surface area contributed by atoms with Crippen LogP contribution in [0, 0.1) is 13.8 Å². The maximum Gasteiger partial charge on any atom is 0.264 e. The first-order valence-electron chi connectivity index (χ1n) is 8.56. The van der Waals surface area contributed by atoms with Crippen molar-refractivity contribution < 1.29 is 8.42 Å². The third kappa shape index (κ3) is 3.99. The summed E-state index contributed by atoms with van der Waals surface area (Å²) in [6, 6.07) is 6.50. The van der Waals surface area contributed by atoms with Crippen molar-refractivity contribution in [2.75, 3.05) is 0 Å². The molecule has 0 amide bonds. The van der Waals surface area contributed by atoms with Crippen LogP contribution in [-0.4, -0.2) is 24.7 Å². The van der Waals surface area contributed by atoms with Gasteiger partial charge >= 0.3 is 0 Å². The van der Waals surface area contributed by atoms with E-state index in [1.54, 1.807) is 12.1 Å². The maximum atomic E-state index is 12.9. The first-order valence-corrected chi connectivity index (χ1v) is 10.0. The Morgan fingerprint density at radius 1 is 1.12 bits per heavy atom. The molecular weight excluding hydrogens is 338 g/mol. The average Bonchev–Trinajstić information content (AvgIpc) is 2.58. The molecule has 1 fully saturated rings. The van der Waals surface area contributed by atoms with Crippen molar-refractivity contribution >= 4 is 10.0 Å². The Kier molecular flexibility index (Phi) is 5.06. The van der Waals surface area contributed by atoms with Crippen LogP contribution in [-0.2, 0) is 10.0 Å². The van der Waals surface area contributed by atoms with Gasteiger partial charge < -0.3 is 0 Å². The van der Waals surface area contributed by atoms with Gasteiger partial charge in [-0.05, 0) is 56.0 Å². The number of aromatic nitrogens is 2. The van der Waals surface area contributed by atoms with E-state index in [-0.39, 0.29) is 16.5 Å². The fourth-order valence-electron chi connectivity index (χ4n) is 3.26. The van der Waals surface area contributed by atoms with Gasteiger partial charge in [-0.1, -0.05) is 19.3 Å². The number of nitrogens with zero attached hydrogens (tertiary/aromatic N) is 1. The van der Waals surface area contributed by atoms with Crippen molar-refractivity contribution in [1.29, 1.82) is 0 Å². The number of benzene rings is 1. The van der Waals surface area contributed by atoms with Crippen LogP contribution in [0.3, 0.4) is 0 Å². The molecule has 1 aliphatic rings. The lowest BCUT2D eigenvalue weighted by atomic mass is 9.96. The second kappa shape index (κ2) is 7.09. The summed E-state index contributed by atoms with van der Waals surface area (Å²) in [5, 5.41) is 6.39. The summed E-state index contributed by atoms with van der Waals surface area (Å²) in [4.78, 5) is 11.5. The van der Waals surface area contributed by atoms with E-state index < -0.39 is 10.0 Å². The molecule has 1 saturated carbocycles. The normalized spacial score (nSPS) is 16.1. The molecule has 7 heteroatoms. The van der Waals surface area contributed by atoms with Gasteiger partial charge in [-0.2, -0.15) is 5.10 Å². The zero-order valence-electron chi connectivity index (χ0n) is 14.5. The number of H-pyrrole nitrogens is 1. The number of nitrogens with one attached hydrogen (secondary N) is 2. The minimum absolute atomic E-state index is 0.00770. The molecule has 0 radical (unpaired) electrons. The molecule has 2 N–H and O–H groups in total. The fraction of sp³-hybridized carbons (Fsp3) is 0.444. The van der Waals surface area contributed by atoms with Crippen molar-refractivity contribution in [1.82, 2.24) is 14.9 Å². The van der Waals surface area contributed by atoms with Gasteiger partial charge in [0.05, 0.1) is 10.6 Å². The van der Waals surface area contributed by atoms with Gasteiger partial charge in [0.2, 0.25) is 10.0 Å². The van der Waals surface area contributed by atoms with E-state index in [4.69, 9.17) is 0 Å². The summed E-state index contributed by atoms with van der Waals surface area (Å²) < 4.78 is 28.7. The molecule has 0 saturated heterocycles. The summed E-state index contributed by atoms with van der Waals surface area (Å²) in [5.41, 5.74) is 2.52. The molecule has 0 spiro atoms. The second-order valence-corrected chi connectivity index (χ2v) is 8.36. The number of hydrogen-bond acceptors (Lipinski definition) is 4. The summed E-state index contributed by atoms with van der Waals surface area (Å²) in [6.45, 7) is 3.69. The summed E-state index contributed by atoms with van der Waals surface area (Å²) in [7, 11) is -3.60. The van der Waals surface area contributed by atoms with Crippen LogP contribution in [0.15, 0.2) is 34.0 Å². The SMILES string of the molecule is Cc1cc(-c2ccc(=O)[nH]n2)cc(S(=O)(=O)NC2CCCCC2)c1C. The minimum Gasteiger partial charge on any atom is -0.268 e. The number of aromatic amines is 1.